The van der Waals surface area contributed by atoms with Crippen molar-refractivity contribution >= 4 is 5.91 Å². The van der Waals surface area contributed by atoms with Crippen LogP contribution in [0.3, 0.4) is 0 Å². The lowest BCUT2D eigenvalue weighted by molar-refractivity contribution is -0.143. The molecule has 3 nitrogen and oxygen atoms in total. The van der Waals surface area contributed by atoms with Gasteiger partial charge in [0.2, 0.25) is 0 Å². The van der Waals surface area contributed by atoms with E-state index in [0.717, 1.165) is 0 Å². The minimum absolute atomic E-state index is 0.0425. The van der Waals surface area contributed by atoms with Gasteiger partial charge in [-0.25, -0.2) is 0 Å². The van der Waals surface area contributed by atoms with Crippen molar-refractivity contribution in [3.63, 3.8) is 0 Å². The van der Waals surface area contributed by atoms with Crippen molar-refractivity contribution in [1.82, 2.24) is 5.32 Å². The molecule has 1 unspecified atom stereocenters. The fourth-order valence-corrected chi connectivity index (χ4v) is 3.30. The Morgan fingerprint density at radius 1 is 1.00 bits per heavy atom. The van der Waals surface area contributed by atoms with Gasteiger partial charge in [0.25, 0.3) is 5.91 Å². The van der Waals surface area contributed by atoms with Crippen LogP contribution in [-0.4, -0.2) is 12.5 Å². The van der Waals surface area contributed by atoms with Crippen LogP contribution in [0.15, 0.2) is 60.7 Å². The molecule has 0 saturated carbocycles. The van der Waals surface area contributed by atoms with Gasteiger partial charge in [0.15, 0.2) is 5.60 Å². The third-order valence-corrected chi connectivity index (χ3v) is 4.73. The molecule has 1 fully saturated rings. The fraction of sp³-hybridized carbons (Fsp3) is 0.286. The minimum Gasteiger partial charge on any atom is -0.356 e. The van der Waals surface area contributed by atoms with E-state index in [0.29, 0.717) is 23.3 Å². The Hall–Kier alpha value is -2.81. The number of benzene rings is 2. The normalized spacial score (nSPS) is 19.7. The summed E-state index contributed by atoms with van der Waals surface area (Å²) in [5.41, 5.74) is -3.49. The van der Waals surface area contributed by atoms with Crippen LogP contribution in [0.4, 0.5) is 26.3 Å². The highest BCUT2D eigenvalue weighted by atomic mass is 19.4. The number of hydrogen-bond acceptors (Lipinski definition) is 2. The summed E-state index contributed by atoms with van der Waals surface area (Å²) in [7, 11) is 0. The molecule has 1 saturated heterocycles. The Bertz CT molecular complexity index is 920. The standard InChI is InChI=1S/C21H17F6NO2/c1-13-10-19(30-12-13,15-5-3-2-4-6-15)18(29)28-11-14-7-16(20(22,23)24)9-17(8-14)21(25,26)27/h2-9H,1,10-12H2,(H,28,29). The van der Waals surface area contributed by atoms with Crippen molar-refractivity contribution in [2.45, 2.75) is 30.9 Å². The summed E-state index contributed by atoms with van der Waals surface area (Å²) in [6, 6.07) is 9.64. The molecule has 2 aromatic carbocycles. The summed E-state index contributed by atoms with van der Waals surface area (Å²) in [6.45, 7) is 3.38. The quantitative estimate of drug-likeness (QED) is 0.535. The molecule has 1 aliphatic heterocycles. The summed E-state index contributed by atoms with van der Waals surface area (Å²) in [6.07, 6.45) is -9.77. The molecule has 1 atom stereocenters. The Labute approximate surface area is 168 Å². The van der Waals surface area contributed by atoms with Gasteiger partial charge in [0, 0.05) is 13.0 Å². The average molecular weight is 429 g/mol. The van der Waals surface area contributed by atoms with E-state index in [4.69, 9.17) is 4.74 Å². The van der Waals surface area contributed by atoms with Crippen LogP contribution >= 0.6 is 0 Å². The van der Waals surface area contributed by atoms with Crippen LogP contribution in [0.1, 0.15) is 28.7 Å². The number of carbonyl (C=O) groups is 1. The molecular formula is C21H17F6NO2. The second-order valence-electron chi connectivity index (χ2n) is 7.01. The number of alkyl halides is 6. The van der Waals surface area contributed by atoms with Crippen molar-refractivity contribution in [1.29, 1.82) is 0 Å². The molecule has 0 radical (unpaired) electrons. The second-order valence-corrected chi connectivity index (χ2v) is 7.01. The molecule has 9 heteroatoms. The van der Waals surface area contributed by atoms with Crippen molar-refractivity contribution in [3.05, 3.63) is 82.9 Å². The maximum absolute atomic E-state index is 13.0. The van der Waals surface area contributed by atoms with Gasteiger partial charge in [-0.15, -0.1) is 0 Å². The second kappa shape index (κ2) is 7.79. The lowest BCUT2D eigenvalue weighted by Crippen LogP contribution is -2.43. The summed E-state index contributed by atoms with van der Waals surface area (Å²) in [4.78, 5) is 12.9. The average Bonchev–Trinajstić information content (AvgIpc) is 3.08. The van der Waals surface area contributed by atoms with Gasteiger partial charge in [0.1, 0.15) is 0 Å². The van der Waals surface area contributed by atoms with Crippen molar-refractivity contribution in [3.8, 4) is 0 Å². The van der Waals surface area contributed by atoms with Crippen LogP contribution in [0.25, 0.3) is 0 Å². The molecule has 3 rings (SSSR count). The maximum Gasteiger partial charge on any atom is 0.416 e. The smallest absolute Gasteiger partial charge is 0.356 e. The molecule has 1 N–H and O–H groups in total. The molecule has 1 heterocycles. The third kappa shape index (κ3) is 4.51. The molecule has 0 aliphatic carbocycles. The van der Waals surface area contributed by atoms with E-state index in [9.17, 15) is 31.1 Å². The molecule has 1 amide bonds. The number of hydrogen-bond donors (Lipinski definition) is 1. The Morgan fingerprint density at radius 3 is 2.03 bits per heavy atom. The fourth-order valence-electron chi connectivity index (χ4n) is 3.30. The Kier molecular flexibility index (Phi) is 5.68. The highest BCUT2D eigenvalue weighted by molar-refractivity contribution is 5.87. The Balaban J connectivity index is 1.88. The molecule has 0 aromatic heterocycles. The number of carbonyl (C=O) groups excluding carboxylic acids is 1. The van der Waals surface area contributed by atoms with E-state index in [1.54, 1.807) is 30.3 Å². The SMILES string of the molecule is C=C1COC(C(=O)NCc2cc(C(F)(F)F)cc(C(F)(F)F)c2)(c2ccccc2)C1. The summed E-state index contributed by atoms with van der Waals surface area (Å²) >= 11 is 0. The van der Waals surface area contributed by atoms with E-state index in [2.05, 4.69) is 11.9 Å². The number of halogens is 6. The van der Waals surface area contributed by atoms with Crippen LogP contribution in [0, 0.1) is 0 Å². The Morgan fingerprint density at radius 2 is 1.57 bits per heavy atom. The number of amides is 1. The first-order valence-corrected chi connectivity index (χ1v) is 8.84. The van der Waals surface area contributed by atoms with Crippen LogP contribution in [-0.2, 0) is 34.0 Å². The number of rotatable bonds is 4. The zero-order valence-electron chi connectivity index (χ0n) is 15.5. The maximum atomic E-state index is 13.0. The molecular weight excluding hydrogens is 412 g/mol. The van der Waals surface area contributed by atoms with Crippen LogP contribution < -0.4 is 5.32 Å². The lowest BCUT2D eigenvalue weighted by Gasteiger charge is -2.27. The molecule has 0 bridgehead atoms. The zero-order chi connectivity index (χ0) is 22.2. The first-order valence-electron chi connectivity index (χ1n) is 8.84. The molecule has 2 aromatic rings. The summed E-state index contributed by atoms with van der Waals surface area (Å²) < 4.78 is 83.8. The van der Waals surface area contributed by atoms with Gasteiger partial charge in [-0.2, -0.15) is 26.3 Å². The van der Waals surface area contributed by atoms with Crippen LogP contribution in [0.5, 0.6) is 0 Å². The minimum atomic E-state index is -4.96. The number of ether oxygens (including phenoxy) is 1. The predicted molar refractivity (Wildman–Crippen MR) is 96.1 cm³/mol. The lowest BCUT2D eigenvalue weighted by atomic mass is 9.88. The monoisotopic (exact) mass is 429 g/mol. The van der Waals surface area contributed by atoms with Gasteiger partial charge >= 0.3 is 12.4 Å². The van der Waals surface area contributed by atoms with E-state index < -0.39 is 41.5 Å². The molecule has 160 valence electrons. The van der Waals surface area contributed by atoms with Gasteiger partial charge in [-0.1, -0.05) is 36.9 Å². The first kappa shape index (κ1) is 21.9. The zero-order valence-corrected chi connectivity index (χ0v) is 15.5. The summed E-state index contributed by atoms with van der Waals surface area (Å²) in [5, 5.41) is 2.42. The molecule has 30 heavy (non-hydrogen) atoms. The number of nitrogens with one attached hydrogen (secondary N) is 1. The highest BCUT2D eigenvalue weighted by Gasteiger charge is 2.45. The largest absolute Gasteiger partial charge is 0.416 e. The predicted octanol–water partition coefficient (Wildman–Crippen LogP) is 5.21. The van der Waals surface area contributed by atoms with E-state index >= 15 is 0 Å². The van der Waals surface area contributed by atoms with E-state index in [1.807, 2.05) is 0 Å². The van der Waals surface area contributed by atoms with Crippen molar-refractivity contribution < 1.29 is 35.9 Å². The highest BCUT2D eigenvalue weighted by Crippen LogP contribution is 2.39. The summed E-state index contributed by atoms with van der Waals surface area (Å²) in [5.74, 6) is -0.668. The van der Waals surface area contributed by atoms with Gasteiger partial charge in [-0.05, 0) is 34.9 Å². The molecule has 1 aliphatic rings. The van der Waals surface area contributed by atoms with E-state index in [1.165, 1.54) is 0 Å². The van der Waals surface area contributed by atoms with Crippen molar-refractivity contribution in [2.24, 2.45) is 0 Å². The van der Waals surface area contributed by atoms with Gasteiger partial charge < -0.3 is 10.1 Å². The molecule has 0 spiro atoms. The third-order valence-electron chi connectivity index (χ3n) is 4.73. The van der Waals surface area contributed by atoms with Crippen molar-refractivity contribution in [2.75, 3.05) is 6.61 Å². The van der Waals surface area contributed by atoms with E-state index in [-0.39, 0.29) is 24.7 Å². The first-order chi connectivity index (χ1) is 13.9. The topological polar surface area (TPSA) is 38.3 Å². The van der Waals surface area contributed by atoms with Gasteiger partial charge in [0.05, 0.1) is 17.7 Å². The van der Waals surface area contributed by atoms with Gasteiger partial charge in [-0.3, -0.25) is 4.79 Å². The van der Waals surface area contributed by atoms with Crippen LogP contribution in [0.2, 0.25) is 0 Å².